The molecule has 4 heterocycles. The van der Waals surface area contributed by atoms with E-state index in [4.69, 9.17) is 23.7 Å². The number of methoxy groups -OCH3 is 1. The summed E-state index contributed by atoms with van der Waals surface area (Å²) in [6, 6.07) is 6.71. The molecule has 12 heteroatoms. The third kappa shape index (κ3) is 6.59. The minimum Gasteiger partial charge on any atom is -0.458 e. The quantitative estimate of drug-likeness (QED) is 0.332. The Balaban J connectivity index is 1.63. The van der Waals surface area contributed by atoms with Gasteiger partial charge in [0, 0.05) is 31.0 Å². The van der Waals surface area contributed by atoms with E-state index in [1.54, 1.807) is 25.9 Å². The zero-order valence-corrected chi connectivity index (χ0v) is 31.0. The number of fused-ring (bicyclic) bond motifs is 3. The first kappa shape index (κ1) is 37.5. The number of esters is 1. The first-order valence-corrected chi connectivity index (χ1v) is 17.8. The van der Waals surface area contributed by atoms with E-state index in [0.29, 0.717) is 24.9 Å². The minimum atomic E-state index is -1.21. The number of ether oxygens (including phenoxy) is 5. The van der Waals surface area contributed by atoms with Gasteiger partial charge in [-0.3, -0.25) is 14.5 Å². The van der Waals surface area contributed by atoms with E-state index in [2.05, 4.69) is 19.2 Å². The van der Waals surface area contributed by atoms with Crippen LogP contribution in [-0.4, -0.2) is 109 Å². The lowest BCUT2D eigenvalue weighted by atomic mass is 9.71. The van der Waals surface area contributed by atoms with Crippen molar-refractivity contribution in [3.8, 4) is 0 Å². The molecule has 0 radical (unpaired) electrons. The predicted octanol–water partition coefficient (Wildman–Crippen LogP) is 4.62. The van der Waals surface area contributed by atoms with Crippen LogP contribution in [0.25, 0.3) is 0 Å². The Morgan fingerprint density at radius 3 is 2.39 bits per heavy atom. The number of aliphatic hydroxyl groups is 1. The molecule has 2 N–H and O–H groups in total. The Morgan fingerprint density at radius 2 is 1.76 bits per heavy atom. The van der Waals surface area contributed by atoms with Crippen molar-refractivity contribution in [2.45, 2.75) is 135 Å². The zero-order valence-electron chi connectivity index (χ0n) is 31.0. The second kappa shape index (κ2) is 14.1. The Kier molecular flexibility index (Phi) is 10.8. The van der Waals surface area contributed by atoms with Crippen molar-refractivity contribution in [3.05, 3.63) is 24.3 Å². The topological polar surface area (TPSA) is 136 Å². The monoisotopic (exact) mass is 687 g/mol. The average molecular weight is 688 g/mol. The number of benzene rings is 1. The molecule has 1 aromatic rings. The van der Waals surface area contributed by atoms with Crippen LogP contribution in [0.3, 0.4) is 0 Å². The summed E-state index contributed by atoms with van der Waals surface area (Å²) in [5, 5.41) is 15.2. The van der Waals surface area contributed by atoms with E-state index < -0.39 is 65.7 Å². The third-order valence-corrected chi connectivity index (χ3v) is 11.8. The molecule has 49 heavy (non-hydrogen) atoms. The summed E-state index contributed by atoms with van der Waals surface area (Å²) in [6.45, 7) is 15.1. The molecule has 0 saturated carbocycles. The first-order valence-electron chi connectivity index (χ1n) is 17.8. The molecule has 1 aromatic carbocycles. The summed E-state index contributed by atoms with van der Waals surface area (Å²) in [5.41, 5.74) is -0.810. The standard InChI is InChI=1S/C37H57N3O9/c1-12-27-37(8)31-21(4)28(38-24-15-13-14-16-25(24)40(31)35(44)49-37)19(2)18-36(7,45-11)32(22(5)29(41)23(6)33(43)47-27)48-34-30(42)26(39(9)10)17-20(3)46-34/h13-16,19-23,26-28,30-32,34,38,42H,12,17-18H2,1-11H3/t19-,20-,21+,22+,23-,26+,27-,28?,30-,31-,32-,34+,36-,37-/m1/s1. The van der Waals surface area contributed by atoms with Crippen LogP contribution in [0, 0.1) is 23.7 Å². The van der Waals surface area contributed by atoms with Crippen LogP contribution in [0.5, 0.6) is 0 Å². The van der Waals surface area contributed by atoms with Crippen LogP contribution in [0.2, 0.25) is 0 Å². The zero-order chi connectivity index (χ0) is 36.2. The van der Waals surface area contributed by atoms with Crippen LogP contribution in [0.4, 0.5) is 16.2 Å². The third-order valence-electron chi connectivity index (χ3n) is 11.8. The van der Waals surface area contributed by atoms with Crippen molar-refractivity contribution in [1.29, 1.82) is 0 Å². The van der Waals surface area contributed by atoms with Gasteiger partial charge in [0.05, 0.1) is 35.2 Å². The summed E-state index contributed by atoms with van der Waals surface area (Å²) in [7, 11) is 5.41. The highest BCUT2D eigenvalue weighted by Gasteiger charge is 2.62. The van der Waals surface area contributed by atoms with Gasteiger partial charge in [-0.05, 0) is 79.1 Å². The number of rotatable bonds is 5. The molecule has 4 aliphatic heterocycles. The number of carbonyl (C=O) groups excluding carboxylic acids is 3. The van der Waals surface area contributed by atoms with Gasteiger partial charge in [0.25, 0.3) is 0 Å². The predicted molar refractivity (Wildman–Crippen MR) is 184 cm³/mol. The van der Waals surface area contributed by atoms with Gasteiger partial charge < -0.3 is 39.0 Å². The number of likely N-dealkylation sites (N-methyl/N-ethyl adjacent to an activating group) is 1. The highest BCUT2D eigenvalue weighted by Crippen LogP contribution is 2.49. The Hall–Kier alpha value is -2.77. The van der Waals surface area contributed by atoms with Gasteiger partial charge in [0.1, 0.15) is 18.1 Å². The Labute approximate surface area is 291 Å². The van der Waals surface area contributed by atoms with Gasteiger partial charge in [0.15, 0.2) is 17.7 Å². The molecule has 0 aliphatic carbocycles. The number of hydrogen-bond acceptors (Lipinski definition) is 11. The van der Waals surface area contributed by atoms with Crippen molar-refractivity contribution in [3.63, 3.8) is 0 Å². The lowest BCUT2D eigenvalue weighted by Crippen LogP contribution is -2.61. The van der Waals surface area contributed by atoms with E-state index in [0.717, 1.165) is 5.69 Å². The molecule has 3 fully saturated rings. The van der Waals surface area contributed by atoms with Gasteiger partial charge in [-0.15, -0.1) is 0 Å². The second-order valence-corrected chi connectivity index (χ2v) is 15.5. The van der Waals surface area contributed by atoms with E-state index in [1.165, 1.54) is 0 Å². The van der Waals surface area contributed by atoms with Crippen molar-refractivity contribution in [2.75, 3.05) is 31.4 Å². The lowest BCUT2D eigenvalue weighted by Gasteiger charge is -2.48. The van der Waals surface area contributed by atoms with Crippen LogP contribution in [-0.2, 0) is 33.3 Å². The highest BCUT2D eigenvalue weighted by molar-refractivity contribution is 6.00. The molecule has 4 aliphatic rings. The van der Waals surface area contributed by atoms with Gasteiger partial charge in [-0.1, -0.05) is 39.8 Å². The lowest BCUT2D eigenvalue weighted by molar-refractivity contribution is -0.295. The fourth-order valence-corrected chi connectivity index (χ4v) is 9.08. The maximum Gasteiger partial charge on any atom is 0.415 e. The van der Waals surface area contributed by atoms with E-state index >= 15 is 0 Å². The number of nitrogens with zero attached hydrogens (tertiary/aromatic N) is 2. The largest absolute Gasteiger partial charge is 0.458 e. The van der Waals surface area contributed by atoms with Crippen molar-refractivity contribution in [1.82, 2.24) is 4.90 Å². The number of carbonyl (C=O) groups is 3. The van der Waals surface area contributed by atoms with E-state index in [1.807, 2.05) is 71.0 Å². The van der Waals surface area contributed by atoms with Crippen molar-refractivity contribution in [2.24, 2.45) is 23.7 Å². The summed E-state index contributed by atoms with van der Waals surface area (Å²) in [5.74, 6) is -3.38. The van der Waals surface area contributed by atoms with Crippen molar-refractivity contribution >= 4 is 29.2 Å². The molecule has 2 bridgehead atoms. The van der Waals surface area contributed by atoms with E-state index in [9.17, 15) is 19.5 Å². The number of aliphatic hydroxyl groups excluding tert-OH is 1. The van der Waals surface area contributed by atoms with Gasteiger partial charge in [-0.2, -0.15) is 0 Å². The smallest absolute Gasteiger partial charge is 0.415 e. The average Bonchev–Trinajstić information content (AvgIpc) is 3.25. The molecule has 5 rings (SSSR count). The maximum atomic E-state index is 14.3. The summed E-state index contributed by atoms with van der Waals surface area (Å²) >= 11 is 0. The Bertz CT molecular complexity index is 1390. The summed E-state index contributed by atoms with van der Waals surface area (Å²) in [6.07, 6.45) is -3.06. The number of cyclic esters (lactones) is 1. The molecular formula is C37H57N3O9. The van der Waals surface area contributed by atoms with E-state index in [-0.39, 0.29) is 35.8 Å². The summed E-state index contributed by atoms with van der Waals surface area (Å²) < 4.78 is 31.6. The highest BCUT2D eigenvalue weighted by atomic mass is 16.7. The number of amides is 1. The number of nitrogens with one attached hydrogen (secondary N) is 1. The first-order chi connectivity index (χ1) is 23.0. The molecule has 1 amide bonds. The second-order valence-electron chi connectivity index (χ2n) is 15.5. The molecule has 0 aromatic heterocycles. The van der Waals surface area contributed by atoms with Crippen LogP contribution in [0.15, 0.2) is 24.3 Å². The van der Waals surface area contributed by atoms with Crippen molar-refractivity contribution < 1.29 is 43.2 Å². The number of hydrogen-bond donors (Lipinski definition) is 2. The molecule has 274 valence electrons. The number of ketones is 1. The Morgan fingerprint density at radius 1 is 1.08 bits per heavy atom. The van der Waals surface area contributed by atoms with Gasteiger partial charge >= 0.3 is 12.1 Å². The SMILES string of the molecule is CC[C@H]1OC(=O)[C@H](C)C(=O)[C@H](C)[C@@H](O[C@@H]2O[C@H](C)C[C@H](N(C)C)[C@H]2O)[C@](C)(OC)C[C@@H](C)C2Nc3ccccc3N3C(=O)O[C@@]1(C)[C@H]3[C@H]2C. The van der Waals surface area contributed by atoms with Gasteiger partial charge in [-0.25, -0.2) is 4.79 Å². The number of Topliss-reactive ketones (excluding diaryl/α,β-unsaturated/α-hetero) is 1. The summed E-state index contributed by atoms with van der Waals surface area (Å²) in [4.78, 5) is 45.6. The normalized spacial score (nSPS) is 43.2. The number of anilines is 2. The van der Waals surface area contributed by atoms with Gasteiger partial charge in [0.2, 0.25) is 0 Å². The van der Waals surface area contributed by atoms with Crippen LogP contribution >= 0.6 is 0 Å². The minimum absolute atomic E-state index is 0.102. The molecule has 14 atom stereocenters. The maximum absolute atomic E-state index is 14.3. The molecule has 12 nitrogen and oxygen atoms in total. The van der Waals surface area contributed by atoms with Crippen LogP contribution < -0.4 is 10.2 Å². The molecule has 1 unspecified atom stereocenters. The molecular weight excluding hydrogens is 630 g/mol. The fraction of sp³-hybridized carbons (Fsp3) is 0.757. The number of para-hydroxylation sites is 2. The molecule has 0 spiro atoms. The molecule has 3 saturated heterocycles. The van der Waals surface area contributed by atoms with Crippen LogP contribution in [0.1, 0.15) is 74.7 Å². The fourth-order valence-electron chi connectivity index (χ4n) is 9.08.